The summed E-state index contributed by atoms with van der Waals surface area (Å²) in [6.45, 7) is 4.57. The molecule has 0 amide bonds. The molecule has 0 spiro atoms. The van der Waals surface area contributed by atoms with E-state index in [1.165, 1.54) is 108 Å². The van der Waals surface area contributed by atoms with E-state index in [-0.39, 0.29) is 5.41 Å². The smallest absolute Gasteiger partial charge is 0.0722 e. The Morgan fingerprint density at radius 1 is 0.556 bits per heavy atom. The molecule has 1 aliphatic rings. The van der Waals surface area contributed by atoms with Crippen LogP contribution < -0.4 is 0 Å². The van der Waals surface area contributed by atoms with Crippen LogP contribution in [-0.4, -0.2) is 0 Å². The molecule has 1 heterocycles. The number of unbranched alkanes of at least 4 members (excludes halogenated alkanes) is 6. The third kappa shape index (κ3) is 4.71. The van der Waals surface area contributed by atoms with Crippen molar-refractivity contribution in [2.24, 2.45) is 0 Å². The van der Waals surface area contributed by atoms with Crippen molar-refractivity contribution in [1.29, 1.82) is 0 Å². The van der Waals surface area contributed by atoms with Gasteiger partial charge in [0, 0.05) is 4.88 Å². The lowest BCUT2D eigenvalue weighted by molar-refractivity contribution is 0.666. The van der Waals surface area contributed by atoms with E-state index in [0.29, 0.717) is 0 Å². The van der Waals surface area contributed by atoms with Gasteiger partial charge in [-0.15, -0.1) is 11.3 Å². The van der Waals surface area contributed by atoms with Crippen molar-refractivity contribution < 1.29 is 0 Å². The molecular formula is C35H40S. The Hall–Kier alpha value is -2.64. The van der Waals surface area contributed by atoms with E-state index >= 15 is 0 Å². The Kier molecular flexibility index (Phi) is 8.07. The van der Waals surface area contributed by atoms with Gasteiger partial charge in [0.05, 0.1) is 5.41 Å². The molecule has 0 radical (unpaired) electrons. The number of benzene rings is 3. The highest BCUT2D eigenvalue weighted by molar-refractivity contribution is 7.14. The van der Waals surface area contributed by atoms with Crippen molar-refractivity contribution in [3.8, 4) is 10.4 Å². The summed E-state index contributed by atoms with van der Waals surface area (Å²) >= 11 is 1.88. The van der Waals surface area contributed by atoms with Crippen molar-refractivity contribution in [2.45, 2.75) is 83.5 Å². The molecule has 0 atom stereocenters. The highest BCUT2D eigenvalue weighted by atomic mass is 32.1. The van der Waals surface area contributed by atoms with Crippen LogP contribution in [0.15, 0.2) is 84.2 Å². The summed E-state index contributed by atoms with van der Waals surface area (Å²) in [6, 6.07) is 30.7. The Labute approximate surface area is 222 Å². The quantitative estimate of drug-likeness (QED) is 0.152. The predicted octanol–water partition coefficient (Wildman–Crippen LogP) is 10.4. The highest BCUT2D eigenvalue weighted by Gasteiger charge is 2.46. The van der Waals surface area contributed by atoms with Gasteiger partial charge in [-0.25, -0.2) is 0 Å². The number of fused-ring (bicyclic) bond motifs is 3. The molecule has 0 saturated carbocycles. The average molecular weight is 493 g/mol. The number of thiophene rings is 1. The maximum atomic E-state index is 2.41. The fourth-order valence-electron chi connectivity index (χ4n) is 6.11. The summed E-state index contributed by atoms with van der Waals surface area (Å²) in [4.78, 5) is 1.43. The van der Waals surface area contributed by atoms with Crippen molar-refractivity contribution >= 4 is 11.3 Å². The molecule has 5 rings (SSSR count). The largest absolute Gasteiger partial charge is 0.143 e. The molecule has 0 unspecified atom stereocenters. The van der Waals surface area contributed by atoms with Gasteiger partial charge in [0.25, 0.3) is 0 Å². The van der Waals surface area contributed by atoms with Crippen LogP contribution in [0.25, 0.3) is 10.4 Å². The van der Waals surface area contributed by atoms with Crippen molar-refractivity contribution in [2.75, 3.05) is 0 Å². The molecule has 0 N–H and O–H groups in total. The second-order valence-electron chi connectivity index (χ2n) is 10.5. The summed E-state index contributed by atoms with van der Waals surface area (Å²) < 4.78 is 0. The Balaban J connectivity index is 1.54. The monoisotopic (exact) mass is 492 g/mol. The molecule has 4 aromatic rings. The lowest BCUT2D eigenvalue weighted by Gasteiger charge is -2.33. The zero-order valence-corrected chi connectivity index (χ0v) is 22.9. The number of rotatable bonds is 12. The number of hydrogen-bond donors (Lipinski definition) is 0. The first kappa shape index (κ1) is 25.0. The van der Waals surface area contributed by atoms with Gasteiger partial charge in [-0.05, 0) is 76.1 Å². The minimum atomic E-state index is -0.243. The van der Waals surface area contributed by atoms with Gasteiger partial charge in [-0.1, -0.05) is 125 Å². The molecular weight excluding hydrogens is 452 g/mol. The summed E-state index contributed by atoms with van der Waals surface area (Å²) in [5.41, 5.74) is 9.73. The first-order chi connectivity index (χ1) is 17.8. The third-order valence-electron chi connectivity index (χ3n) is 8.06. The van der Waals surface area contributed by atoms with Gasteiger partial charge in [0.2, 0.25) is 0 Å². The lowest BCUT2D eigenvalue weighted by atomic mass is 9.68. The van der Waals surface area contributed by atoms with Crippen LogP contribution in [0.2, 0.25) is 0 Å². The Bertz CT molecular complexity index is 1190. The fourth-order valence-corrected chi connectivity index (χ4v) is 7.10. The summed E-state index contributed by atoms with van der Waals surface area (Å²) in [6.07, 6.45) is 12.9. The Morgan fingerprint density at radius 2 is 1.11 bits per heavy atom. The SMILES string of the molecule is CCCCCCc1ccc(C2(c3ccc(CCCCCC)cc3)c3ccccc3-c3sccc32)cc1. The highest BCUT2D eigenvalue weighted by Crippen LogP contribution is 2.57. The predicted molar refractivity (Wildman–Crippen MR) is 157 cm³/mol. The van der Waals surface area contributed by atoms with Gasteiger partial charge in [-0.3, -0.25) is 0 Å². The molecule has 3 aromatic carbocycles. The van der Waals surface area contributed by atoms with E-state index in [9.17, 15) is 0 Å². The van der Waals surface area contributed by atoms with Gasteiger partial charge >= 0.3 is 0 Å². The second-order valence-corrected chi connectivity index (χ2v) is 11.4. The molecule has 1 aromatic heterocycles. The van der Waals surface area contributed by atoms with Gasteiger partial charge in [0.15, 0.2) is 0 Å². The van der Waals surface area contributed by atoms with Crippen LogP contribution in [0.5, 0.6) is 0 Å². The second kappa shape index (κ2) is 11.6. The first-order valence-electron chi connectivity index (χ1n) is 14.2. The van der Waals surface area contributed by atoms with Crippen LogP contribution in [0.4, 0.5) is 0 Å². The number of aryl methyl sites for hydroxylation is 2. The van der Waals surface area contributed by atoms with Gasteiger partial charge < -0.3 is 0 Å². The van der Waals surface area contributed by atoms with Crippen LogP contribution in [0.1, 0.15) is 98.6 Å². The molecule has 0 bridgehead atoms. The number of hydrogen-bond acceptors (Lipinski definition) is 1. The molecule has 1 heteroatoms. The topological polar surface area (TPSA) is 0 Å². The maximum Gasteiger partial charge on any atom is 0.0722 e. The minimum absolute atomic E-state index is 0.243. The molecule has 186 valence electrons. The Morgan fingerprint density at radius 3 is 1.67 bits per heavy atom. The van der Waals surface area contributed by atoms with Crippen LogP contribution in [0, 0.1) is 0 Å². The standard InChI is InChI=1S/C35H40S/c1-3-5-7-9-13-27-17-21-29(22-18-27)35(30-23-19-28(20-24-30)14-10-8-6-4-2)32-16-12-11-15-31(32)34-33(35)25-26-36-34/h11-12,15-26H,3-10,13-14H2,1-2H3. The van der Waals surface area contributed by atoms with E-state index in [0.717, 1.165) is 0 Å². The van der Waals surface area contributed by atoms with Gasteiger partial charge in [0.1, 0.15) is 0 Å². The molecule has 36 heavy (non-hydrogen) atoms. The molecule has 0 aliphatic heterocycles. The first-order valence-corrected chi connectivity index (χ1v) is 15.0. The van der Waals surface area contributed by atoms with Crippen molar-refractivity contribution in [3.63, 3.8) is 0 Å². The van der Waals surface area contributed by atoms with E-state index in [1.54, 1.807) is 0 Å². The van der Waals surface area contributed by atoms with Gasteiger partial charge in [-0.2, -0.15) is 0 Å². The summed E-state index contributed by atoms with van der Waals surface area (Å²) in [5, 5.41) is 2.28. The fraction of sp³-hybridized carbons (Fsp3) is 0.371. The van der Waals surface area contributed by atoms with Crippen LogP contribution in [-0.2, 0) is 18.3 Å². The minimum Gasteiger partial charge on any atom is -0.143 e. The van der Waals surface area contributed by atoms with Crippen LogP contribution >= 0.6 is 11.3 Å². The molecule has 1 aliphatic carbocycles. The van der Waals surface area contributed by atoms with E-state index in [4.69, 9.17) is 0 Å². The zero-order valence-electron chi connectivity index (χ0n) is 22.1. The van der Waals surface area contributed by atoms with Crippen molar-refractivity contribution in [1.82, 2.24) is 0 Å². The van der Waals surface area contributed by atoms with Crippen molar-refractivity contribution in [3.05, 3.63) is 118 Å². The van der Waals surface area contributed by atoms with E-state index < -0.39 is 0 Å². The summed E-state index contributed by atoms with van der Waals surface area (Å²) in [7, 11) is 0. The van der Waals surface area contributed by atoms with E-state index in [1.807, 2.05) is 11.3 Å². The van der Waals surface area contributed by atoms with Crippen LogP contribution in [0.3, 0.4) is 0 Å². The normalized spacial score (nSPS) is 13.5. The molecule has 0 fully saturated rings. The lowest BCUT2D eigenvalue weighted by Crippen LogP contribution is -2.28. The summed E-state index contributed by atoms with van der Waals surface area (Å²) in [5.74, 6) is 0. The average Bonchev–Trinajstić information content (AvgIpc) is 3.51. The van der Waals surface area contributed by atoms with E-state index in [2.05, 4.69) is 98.1 Å². The molecule has 0 nitrogen and oxygen atoms in total. The third-order valence-corrected chi connectivity index (χ3v) is 9.00. The molecule has 0 saturated heterocycles. The maximum absolute atomic E-state index is 2.41. The zero-order chi connectivity index (χ0) is 24.8.